The number of carbonyl (C=O) groups is 2. The first-order valence-electron chi connectivity index (χ1n) is 12.1. The molecule has 0 atom stereocenters. The maximum absolute atomic E-state index is 13.2. The molecule has 37 heavy (non-hydrogen) atoms. The first-order valence-corrected chi connectivity index (χ1v) is 12.1. The highest BCUT2D eigenvalue weighted by Gasteiger charge is 2.23. The van der Waals surface area contributed by atoms with Gasteiger partial charge in [-0.1, -0.05) is 45.0 Å². The number of aromatic nitrogens is 2. The van der Waals surface area contributed by atoms with Gasteiger partial charge in [-0.15, -0.1) is 0 Å². The minimum absolute atomic E-state index is 0.169. The molecule has 0 aliphatic rings. The molecular formula is C28H34N6O3. The predicted molar refractivity (Wildman–Crippen MR) is 144 cm³/mol. The molecule has 3 amide bonds. The summed E-state index contributed by atoms with van der Waals surface area (Å²) in [6.45, 7) is 8.77. The number of aryl methyl sites for hydroxylation is 1. The summed E-state index contributed by atoms with van der Waals surface area (Å²) in [4.78, 5) is 27.7. The summed E-state index contributed by atoms with van der Waals surface area (Å²) in [5.74, 6) is 0.178. The Morgan fingerprint density at radius 3 is 2.54 bits per heavy atom. The smallest absolute Gasteiger partial charge is 0.322 e. The third kappa shape index (κ3) is 7.41. The molecule has 0 saturated carbocycles. The average molecular weight is 503 g/mol. The van der Waals surface area contributed by atoms with Gasteiger partial charge in [0, 0.05) is 37.4 Å². The van der Waals surface area contributed by atoms with Gasteiger partial charge in [0.1, 0.15) is 12.4 Å². The van der Waals surface area contributed by atoms with Crippen molar-refractivity contribution in [3.05, 3.63) is 71.4 Å². The average Bonchev–Trinajstić information content (AvgIpc) is 3.28. The number of ether oxygens (including phenoxy) is 1. The van der Waals surface area contributed by atoms with E-state index in [4.69, 9.17) is 15.1 Å². The van der Waals surface area contributed by atoms with Gasteiger partial charge in [0.25, 0.3) is 0 Å². The van der Waals surface area contributed by atoms with Crippen LogP contribution in [0.2, 0.25) is 0 Å². The van der Waals surface area contributed by atoms with Gasteiger partial charge in [-0.05, 0) is 43.2 Å². The van der Waals surface area contributed by atoms with E-state index in [2.05, 4.69) is 37.5 Å². The van der Waals surface area contributed by atoms with Crippen LogP contribution in [0, 0.1) is 18.3 Å². The number of nitrogens with zero attached hydrogens (tertiary/aromatic N) is 4. The Labute approximate surface area is 218 Å². The lowest BCUT2D eigenvalue weighted by Gasteiger charge is -2.23. The summed E-state index contributed by atoms with van der Waals surface area (Å²) >= 11 is 0. The van der Waals surface area contributed by atoms with E-state index in [1.165, 1.54) is 4.90 Å². The lowest BCUT2D eigenvalue weighted by molar-refractivity contribution is -0.116. The molecular weight excluding hydrogens is 468 g/mol. The molecule has 3 rings (SSSR count). The van der Waals surface area contributed by atoms with E-state index in [0.717, 1.165) is 16.9 Å². The number of methoxy groups -OCH3 is 1. The van der Waals surface area contributed by atoms with Crippen molar-refractivity contribution < 1.29 is 14.3 Å². The second-order valence-electron chi connectivity index (χ2n) is 9.80. The van der Waals surface area contributed by atoms with E-state index < -0.39 is 6.03 Å². The van der Waals surface area contributed by atoms with Crippen molar-refractivity contribution in [2.45, 2.75) is 39.5 Å². The minimum Gasteiger partial charge on any atom is -0.385 e. The van der Waals surface area contributed by atoms with Crippen LogP contribution in [0.4, 0.5) is 16.3 Å². The molecule has 0 bridgehead atoms. The molecule has 2 aromatic carbocycles. The number of hydrogen-bond acceptors (Lipinski definition) is 5. The SMILES string of the molecule is COCCCN(CC(=O)Nc1cc(C(C)(C)C)nn1-c1ccccc1C)C(=O)Nc1cccc(C#N)c1. The van der Waals surface area contributed by atoms with Crippen LogP contribution >= 0.6 is 0 Å². The Bertz CT molecular complexity index is 1290. The largest absolute Gasteiger partial charge is 0.385 e. The summed E-state index contributed by atoms with van der Waals surface area (Å²) < 4.78 is 6.86. The van der Waals surface area contributed by atoms with Gasteiger partial charge in [0.2, 0.25) is 5.91 Å². The maximum atomic E-state index is 13.2. The molecule has 3 aromatic rings. The Kier molecular flexibility index (Phi) is 9.04. The van der Waals surface area contributed by atoms with Crippen LogP contribution < -0.4 is 10.6 Å². The van der Waals surface area contributed by atoms with Crippen LogP contribution in [0.25, 0.3) is 5.69 Å². The van der Waals surface area contributed by atoms with Crippen LogP contribution in [0.1, 0.15) is 44.0 Å². The number of rotatable bonds is 9. The highest BCUT2D eigenvalue weighted by molar-refractivity contribution is 5.96. The second-order valence-corrected chi connectivity index (χ2v) is 9.80. The van der Waals surface area contributed by atoms with Gasteiger partial charge >= 0.3 is 6.03 Å². The predicted octanol–water partition coefficient (Wildman–Crippen LogP) is 4.86. The van der Waals surface area contributed by atoms with Gasteiger partial charge in [-0.25, -0.2) is 9.48 Å². The standard InChI is InChI=1S/C28H34N6O3/c1-20-10-6-7-13-23(20)34-25(17-24(32-34)28(2,3)4)31-26(35)19-33(14-9-15-37-5)27(36)30-22-12-8-11-21(16-22)18-29/h6-8,10-13,16-17H,9,14-15,19H2,1-5H3,(H,30,36)(H,31,35). The molecule has 9 heteroatoms. The van der Waals surface area contributed by atoms with E-state index in [-0.39, 0.29) is 17.9 Å². The van der Waals surface area contributed by atoms with E-state index >= 15 is 0 Å². The quantitative estimate of drug-likeness (QED) is 0.406. The van der Waals surface area contributed by atoms with E-state index in [1.807, 2.05) is 37.3 Å². The van der Waals surface area contributed by atoms with Crippen LogP contribution in [-0.4, -0.2) is 53.4 Å². The number of benzene rings is 2. The Morgan fingerprint density at radius 1 is 1.11 bits per heavy atom. The molecule has 2 N–H and O–H groups in total. The number of para-hydroxylation sites is 1. The molecule has 0 spiro atoms. The van der Waals surface area contributed by atoms with E-state index in [1.54, 1.807) is 36.1 Å². The van der Waals surface area contributed by atoms with Crippen molar-refractivity contribution in [1.82, 2.24) is 14.7 Å². The van der Waals surface area contributed by atoms with Crippen LogP contribution in [0.15, 0.2) is 54.6 Å². The maximum Gasteiger partial charge on any atom is 0.322 e. The fourth-order valence-electron chi connectivity index (χ4n) is 3.70. The Morgan fingerprint density at radius 2 is 1.86 bits per heavy atom. The zero-order chi connectivity index (χ0) is 27.0. The number of amides is 3. The van der Waals surface area contributed by atoms with E-state index in [9.17, 15) is 9.59 Å². The van der Waals surface area contributed by atoms with Crippen LogP contribution in [0.3, 0.4) is 0 Å². The molecule has 1 heterocycles. The van der Waals surface area contributed by atoms with Crippen molar-refractivity contribution in [2.75, 3.05) is 37.4 Å². The molecule has 0 unspecified atom stereocenters. The molecule has 0 radical (unpaired) electrons. The lowest BCUT2D eigenvalue weighted by Crippen LogP contribution is -2.41. The summed E-state index contributed by atoms with van der Waals surface area (Å²) in [7, 11) is 1.59. The van der Waals surface area contributed by atoms with Crippen LogP contribution in [0.5, 0.6) is 0 Å². The van der Waals surface area contributed by atoms with E-state index in [0.29, 0.717) is 36.6 Å². The van der Waals surface area contributed by atoms with Crippen LogP contribution in [-0.2, 0) is 14.9 Å². The highest BCUT2D eigenvalue weighted by Crippen LogP contribution is 2.27. The third-order valence-corrected chi connectivity index (χ3v) is 5.73. The first-order chi connectivity index (χ1) is 17.6. The van der Waals surface area contributed by atoms with Crippen molar-refractivity contribution in [3.8, 4) is 11.8 Å². The lowest BCUT2D eigenvalue weighted by atomic mass is 9.92. The second kappa shape index (κ2) is 12.2. The summed E-state index contributed by atoms with van der Waals surface area (Å²) in [6.07, 6.45) is 0.560. The van der Waals surface area contributed by atoms with Gasteiger partial charge in [-0.3, -0.25) is 4.79 Å². The van der Waals surface area contributed by atoms with Crippen molar-refractivity contribution >= 4 is 23.4 Å². The fourth-order valence-corrected chi connectivity index (χ4v) is 3.70. The number of anilines is 2. The topological polar surface area (TPSA) is 112 Å². The van der Waals surface area contributed by atoms with Gasteiger partial charge in [-0.2, -0.15) is 10.4 Å². The molecule has 9 nitrogen and oxygen atoms in total. The first kappa shape index (κ1) is 27.4. The molecule has 1 aromatic heterocycles. The molecule has 0 saturated heterocycles. The minimum atomic E-state index is -0.441. The summed E-state index contributed by atoms with van der Waals surface area (Å²) in [5.41, 5.74) is 3.40. The number of nitriles is 1. The molecule has 0 fully saturated rings. The zero-order valence-corrected chi connectivity index (χ0v) is 22.0. The number of hydrogen-bond donors (Lipinski definition) is 2. The highest BCUT2D eigenvalue weighted by atomic mass is 16.5. The van der Waals surface area contributed by atoms with Crippen molar-refractivity contribution in [1.29, 1.82) is 5.26 Å². The van der Waals surface area contributed by atoms with Gasteiger partial charge in [0.05, 0.1) is 23.0 Å². The number of carbonyl (C=O) groups excluding carboxylic acids is 2. The monoisotopic (exact) mass is 502 g/mol. The van der Waals surface area contributed by atoms with Crippen molar-refractivity contribution in [3.63, 3.8) is 0 Å². The number of urea groups is 1. The van der Waals surface area contributed by atoms with Gasteiger partial charge < -0.3 is 20.3 Å². The zero-order valence-electron chi connectivity index (χ0n) is 22.0. The summed E-state index contributed by atoms with van der Waals surface area (Å²) in [6, 6.07) is 17.9. The molecule has 0 aliphatic carbocycles. The molecule has 0 aliphatic heterocycles. The normalized spacial score (nSPS) is 11.0. The number of nitrogens with one attached hydrogen (secondary N) is 2. The Hall–Kier alpha value is -4.16. The van der Waals surface area contributed by atoms with Crippen molar-refractivity contribution in [2.24, 2.45) is 0 Å². The summed E-state index contributed by atoms with van der Waals surface area (Å²) in [5, 5.41) is 19.6. The van der Waals surface area contributed by atoms with Gasteiger partial charge in [0.15, 0.2) is 0 Å². The third-order valence-electron chi connectivity index (χ3n) is 5.73. The fraction of sp³-hybridized carbons (Fsp3) is 0.357. The Balaban J connectivity index is 1.82. The molecule has 194 valence electrons.